The van der Waals surface area contributed by atoms with Gasteiger partial charge in [-0.05, 0) is 19.1 Å². The van der Waals surface area contributed by atoms with Gasteiger partial charge in [0.15, 0.2) is 9.84 Å². The molecule has 1 fully saturated rings. The van der Waals surface area contributed by atoms with Crippen molar-refractivity contribution in [1.29, 1.82) is 0 Å². The van der Waals surface area contributed by atoms with E-state index in [-0.39, 0.29) is 28.8 Å². The smallest absolute Gasteiger partial charge is 0.274 e. The second kappa shape index (κ2) is 5.55. The Morgan fingerprint density at radius 2 is 2.25 bits per heavy atom. The number of carbonyl (C=O) groups is 1. The zero-order valence-electron chi connectivity index (χ0n) is 10.8. The highest BCUT2D eigenvalue weighted by atomic mass is 35.5. The van der Waals surface area contributed by atoms with E-state index in [0.717, 1.165) is 0 Å². The lowest BCUT2D eigenvalue weighted by Gasteiger charge is -2.33. The van der Waals surface area contributed by atoms with Crippen LogP contribution in [0.4, 0.5) is 5.82 Å². The first-order valence-electron chi connectivity index (χ1n) is 5.98. The molecule has 1 saturated heterocycles. The topological polar surface area (TPSA) is 105 Å². The number of anilines is 1. The molecule has 0 spiro atoms. The Labute approximate surface area is 122 Å². The molecule has 0 bridgehead atoms. The Bertz CT molecular complexity index is 635. The predicted octanol–water partition coefficient (Wildman–Crippen LogP) is 0.280. The first-order chi connectivity index (χ1) is 9.34. The maximum absolute atomic E-state index is 12.4. The Hall–Kier alpha value is -1.38. The molecular formula is C11H15ClN4O3S. The molecule has 1 aliphatic heterocycles. The van der Waals surface area contributed by atoms with E-state index in [2.05, 4.69) is 10.4 Å². The van der Waals surface area contributed by atoms with Crippen molar-refractivity contribution in [2.75, 3.05) is 23.5 Å². The van der Waals surface area contributed by atoms with E-state index in [1.165, 1.54) is 11.0 Å². The van der Waals surface area contributed by atoms with Crippen LogP contribution in [0.3, 0.4) is 0 Å². The summed E-state index contributed by atoms with van der Waals surface area (Å²) >= 11 is 5.97. The van der Waals surface area contributed by atoms with Crippen LogP contribution in [-0.2, 0) is 9.84 Å². The van der Waals surface area contributed by atoms with Crippen LogP contribution in [0, 0.1) is 0 Å². The fraction of sp³-hybridized carbons (Fsp3) is 0.455. The Morgan fingerprint density at radius 1 is 1.55 bits per heavy atom. The van der Waals surface area contributed by atoms with Gasteiger partial charge < -0.3 is 10.3 Å². The van der Waals surface area contributed by atoms with E-state index in [4.69, 9.17) is 17.4 Å². The van der Waals surface area contributed by atoms with Crippen molar-refractivity contribution >= 4 is 33.2 Å². The van der Waals surface area contributed by atoms with Gasteiger partial charge in [0.05, 0.1) is 16.5 Å². The number of halogens is 1. The van der Waals surface area contributed by atoms with Crippen LogP contribution < -0.4 is 11.3 Å². The van der Waals surface area contributed by atoms with E-state index in [1.54, 1.807) is 13.0 Å². The number of hydrogen-bond acceptors (Lipinski definition) is 6. The van der Waals surface area contributed by atoms with Crippen molar-refractivity contribution in [3.63, 3.8) is 0 Å². The highest BCUT2D eigenvalue weighted by Crippen LogP contribution is 2.21. The third-order valence-electron chi connectivity index (χ3n) is 3.13. The molecule has 2 rings (SSSR count). The van der Waals surface area contributed by atoms with Gasteiger partial charge in [0.1, 0.15) is 11.5 Å². The summed E-state index contributed by atoms with van der Waals surface area (Å²) < 4.78 is 23.1. The number of hydrazine groups is 1. The number of nitrogen functional groups attached to an aromatic ring is 1. The van der Waals surface area contributed by atoms with Crippen LogP contribution in [0.2, 0.25) is 5.02 Å². The number of nitrogens with two attached hydrogens (primary N) is 1. The van der Waals surface area contributed by atoms with Crippen molar-refractivity contribution < 1.29 is 13.2 Å². The number of carbonyl (C=O) groups excluding carboxylic acids is 1. The summed E-state index contributed by atoms with van der Waals surface area (Å²) in [4.78, 5) is 17.9. The summed E-state index contributed by atoms with van der Waals surface area (Å²) in [5, 5.41) is 0.203. The fourth-order valence-electron chi connectivity index (χ4n) is 2.11. The molecule has 2 heterocycles. The highest BCUT2D eigenvalue weighted by molar-refractivity contribution is 7.91. The summed E-state index contributed by atoms with van der Waals surface area (Å²) in [6.07, 6.45) is 0. The summed E-state index contributed by atoms with van der Waals surface area (Å²) in [5.74, 6) is 5.07. The molecule has 0 aromatic carbocycles. The second-order valence-electron chi connectivity index (χ2n) is 4.63. The SMILES string of the molecule is CC1CS(=O)(=O)CCN1C(=O)c1nc(NN)ccc1Cl. The van der Waals surface area contributed by atoms with E-state index in [9.17, 15) is 13.2 Å². The molecule has 110 valence electrons. The van der Waals surface area contributed by atoms with Crippen molar-refractivity contribution in [1.82, 2.24) is 9.88 Å². The first-order valence-corrected chi connectivity index (χ1v) is 8.18. The largest absolute Gasteiger partial charge is 0.333 e. The van der Waals surface area contributed by atoms with Crippen molar-refractivity contribution in [2.24, 2.45) is 5.84 Å². The molecule has 9 heteroatoms. The van der Waals surface area contributed by atoms with Gasteiger partial charge in [0, 0.05) is 12.6 Å². The Morgan fingerprint density at radius 3 is 2.85 bits per heavy atom. The van der Waals surface area contributed by atoms with E-state index < -0.39 is 21.8 Å². The molecule has 1 atom stereocenters. The molecule has 7 nitrogen and oxygen atoms in total. The van der Waals surface area contributed by atoms with Gasteiger partial charge in [0.2, 0.25) is 0 Å². The molecule has 20 heavy (non-hydrogen) atoms. The van der Waals surface area contributed by atoms with Gasteiger partial charge >= 0.3 is 0 Å². The number of amides is 1. The Balaban J connectivity index is 2.28. The van der Waals surface area contributed by atoms with Crippen LogP contribution in [0.25, 0.3) is 0 Å². The number of rotatable bonds is 2. The lowest BCUT2D eigenvalue weighted by molar-refractivity contribution is 0.0707. The van der Waals surface area contributed by atoms with Crippen molar-refractivity contribution in [2.45, 2.75) is 13.0 Å². The number of aromatic nitrogens is 1. The van der Waals surface area contributed by atoms with E-state index >= 15 is 0 Å². The second-order valence-corrected chi connectivity index (χ2v) is 7.27. The minimum Gasteiger partial charge on any atom is -0.333 e. The molecule has 1 unspecified atom stereocenters. The molecule has 0 aliphatic carbocycles. The molecule has 3 N–H and O–H groups in total. The van der Waals surface area contributed by atoms with Crippen LogP contribution in [0.1, 0.15) is 17.4 Å². The maximum atomic E-state index is 12.4. The normalized spacial score (nSPS) is 21.6. The number of nitrogens with one attached hydrogen (secondary N) is 1. The molecule has 1 aromatic heterocycles. The average Bonchev–Trinajstić information content (AvgIpc) is 2.37. The monoisotopic (exact) mass is 318 g/mol. The summed E-state index contributed by atoms with van der Waals surface area (Å²) in [6, 6.07) is 2.65. The molecular weight excluding hydrogens is 304 g/mol. The quantitative estimate of drug-likeness (QED) is 0.599. The molecule has 1 aromatic rings. The summed E-state index contributed by atoms with van der Waals surface area (Å²) in [7, 11) is -3.08. The number of pyridine rings is 1. The summed E-state index contributed by atoms with van der Waals surface area (Å²) in [6.45, 7) is 1.83. The maximum Gasteiger partial charge on any atom is 0.274 e. The number of hydrogen-bond donors (Lipinski definition) is 2. The lowest BCUT2D eigenvalue weighted by atomic mass is 10.2. The van der Waals surface area contributed by atoms with Gasteiger partial charge in [-0.25, -0.2) is 19.2 Å². The molecule has 0 radical (unpaired) electrons. The van der Waals surface area contributed by atoms with Crippen LogP contribution in [-0.4, -0.2) is 48.3 Å². The van der Waals surface area contributed by atoms with Gasteiger partial charge in [-0.1, -0.05) is 11.6 Å². The van der Waals surface area contributed by atoms with Crippen molar-refractivity contribution in [3.05, 3.63) is 22.8 Å². The van der Waals surface area contributed by atoms with Gasteiger partial charge in [-0.3, -0.25) is 4.79 Å². The van der Waals surface area contributed by atoms with E-state index in [0.29, 0.717) is 5.82 Å². The minimum atomic E-state index is -3.08. The van der Waals surface area contributed by atoms with Gasteiger partial charge in [-0.2, -0.15) is 0 Å². The fourth-order valence-corrected chi connectivity index (χ4v) is 3.85. The molecule has 1 amide bonds. The van der Waals surface area contributed by atoms with Crippen LogP contribution in [0.15, 0.2) is 12.1 Å². The van der Waals surface area contributed by atoms with Gasteiger partial charge in [0.25, 0.3) is 5.91 Å². The predicted molar refractivity (Wildman–Crippen MR) is 76.2 cm³/mol. The zero-order chi connectivity index (χ0) is 14.9. The number of sulfone groups is 1. The Kier molecular flexibility index (Phi) is 4.17. The summed E-state index contributed by atoms with van der Waals surface area (Å²) in [5.41, 5.74) is 2.40. The highest BCUT2D eigenvalue weighted by Gasteiger charge is 2.33. The lowest BCUT2D eigenvalue weighted by Crippen LogP contribution is -2.50. The standard InChI is InChI=1S/C11H15ClN4O3S/c1-7-6-20(18,19)5-4-16(7)11(17)10-8(12)2-3-9(14-10)15-13/h2-3,7H,4-6,13H2,1H3,(H,14,15). The number of nitrogens with zero attached hydrogens (tertiary/aromatic N) is 2. The first kappa shape index (κ1) is 15.0. The zero-order valence-corrected chi connectivity index (χ0v) is 12.4. The molecule has 0 saturated carbocycles. The van der Waals surface area contributed by atoms with Crippen LogP contribution in [0.5, 0.6) is 0 Å². The van der Waals surface area contributed by atoms with Crippen LogP contribution >= 0.6 is 11.6 Å². The molecule has 1 aliphatic rings. The third kappa shape index (κ3) is 3.02. The van der Waals surface area contributed by atoms with Gasteiger partial charge in [-0.15, -0.1) is 0 Å². The average molecular weight is 319 g/mol. The third-order valence-corrected chi connectivity index (χ3v) is 5.23. The minimum absolute atomic E-state index is 0.0461. The van der Waals surface area contributed by atoms with E-state index in [1.807, 2.05) is 0 Å². The van der Waals surface area contributed by atoms with Crippen molar-refractivity contribution in [3.8, 4) is 0 Å².